The number of hydrogen-bond donors (Lipinski definition) is 1. The number of rotatable bonds is 5. The second kappa shape index (κ2) is 5.91. The van der Waals surface area contributed by atoms with Crippen molar-refractivity contribution in [2.75, 3.05) is 12.8 Å². The predicted molar refractivity (Wildman–Crippen MR) is 75.2 cm³/mol. The van der Waals surface area contributed by atoms with E-state index in [0.29, 0.717) is 5.02 Å². The third-order valence-corrected chi connectivity index (χ3v) is 5.30. The molecule has 0 saturated carbocycles. The van der Waals surface area contributed by atoms with Gasteiger partial charge in [-0.2, -0.15) is 4.31 Å². The Morgan fingerprint density at radius 3 is 2.33 bits per heavy atom. The Kier molecular flexibility index (Phi) is 5.01. The molecule has 0 bridgehead atoms. The fourth-order valence-electron chi connectivity index (χ4n) is 1.91. The molecule has 102 valence electrons. The molecule has 0 atom stereocenters. The van der Waals surface area contributed by atoms with E-state index in [1.165, 1.54) is 22.5 Å². The van der Waals surface area contributed by atoms with Crippen LogP contribution in [0.5, 0.6) is 0 Å². The molecule has 0 aromatic heterocycles. The molecule has 1 rings (SSSR count). The third-order valence-electron chi connectivity index (χ3n) is 3.09. The molecule has 1 aromatic carbocycles. The summed E-state index contributed by atoms with van der Waals surface area (Å²) in [5.41, 5.74) is 5.92. The van der Waals surface area contributed by atoms with Crippen LogP contribution in [-0.4, -0.2) is 25.8 Å². The summed E-state index contributed by atoms with van der Waals surface area (Å²) in [6.07, 6.45) is 1.53. The first-order valence-electron chi connectivity index (χ1n) is 5.87. The van der Waals surface area contributed by atoms with Gasteiger partial charge in [-0.25, -0.2) is 8.42 Å². The van der Waals surface area contributed by atoms with Gasteiger partial charge in [-0.15, -0.1) is 0 Å². The van der Waals surface area contributed by atoms with Crippen molar-refractivity contribution < 1.29 is 8.42 Å². The van der Waals surface area contributed by atoms with Crippen LogP contribution in [0.4, 0.5) is 5.69 Å². The first kappa shape index (κ1) is 15.3. The van der Waals surface area contributed by atoms with Crippen molar-refractivity contribution in [3.63, 3.8) is 0 Å². The molecule has 0 radical (unpaired) electrons. The normalized spacial score (nSPS) is 12.3. The van der Waals surface area contributed by atoms with E-state index < -0.39 is 10.0 Å². The van der Waals surface area contributed by atoms with E-state index in [2.05, 4.69) is 0 Å². The van der Waals surface area contributed by atoms with Crippen LogP contribution in [0.3, 0.4) is 0 Å². The molecule has 4 nitrogen and oxygen atoms in total. The van der Waals surface area contributed by atoms with Gasteiger partial charge in [-0.05, 0) is 31.0 Å². The largest absolute Gasteiger partial charge is 0.398 e. The van der Waals surface area contributed by atoms with E-state index >= 15 is 0 Å². The molecule has 0 amide bonds. The van der Waals surface area contributed by atoms with Crippen LogP contribution in [0.25, 0.3) is 0 Å². The summed E-state index contributed by atoms with van der Waals surface area (Å²) in [5.74, 6) is 0. The number of nitrogens with zero attached hydrogens (tertiary/aromatic N) is 1. The molecule has 0 aliphatic heterocycles. The van der Waals surface area contributed by atoms with Crippen LogP contribution in [0.1, 0.15) is 26.7 Å². The second-order valence-electron chi connectivity index (χ2n) is 4.17. The minimum Gasteiger partial charge on any atom is -0.398 e. The molecule has 0 spiro atoms. The van der Waals surface area contributed by atoms with Crippen molar-refractivity contribution in [1.82, 2.24) is 4.31 Å². The summed E-state index contributed by atoms with van der Waals surface area (Å²) in [5, 5.41) is 0.427. The van der Waals surface area contributed by atoms with Crippen LogP contribution in [0.15, 0.2) is 23.1 Å². The number of sulfonamides is 1. The zero-order valence-corrected chi connectivity index (χ0v) is 12.4. The van der Waals surface area contributed by atoms with Gasteiger partial charge >= 0.3 is 0 Å². The fraction of sp³-hybridized carbons (Fsp3) is 0.500. The van der Waals surface area contributed by atoms with E-state index in [1.54, 1.807) is 7.05 Å². The van der Waals surface area contributed by atoms with Crippen molar-refractivity contribution in [2.45, 2.75) is 37.6 Å². The highest BCUT2D eigenvalue weighted by molar-refractivity contribution is 7.89. The van der Waals surface area contributed by atoms with Crippen LogP contribution in [-0.2, 0) is 10.0 Å². The number of anilines is 1. The number of halogens is 1. The molecule has 0 aliphatic rings. The van der Waals surface area contributed by atoms with E-state index in [4.69, 9.17) is 17.3 Å². The highest BCUT2D eigenvalue weighted by atomic mass is 35.5. The summed E-state index contributed by atoms with van der Waals surface area (Å²) in [6, 6.07) is 4.41. The van der Waals surface area contributed by atoms with Gasteiger partial charge in [0.2, 0.25) is 10.0 Å². The first-order chi connectivity index (χ1) is 8.34. The van der Waals surface area contributed by atoms with E-state index in [1.807, 2.05) is 13.8 Å². The molecule has 2 N–H and O–H groups in total. The molecule has 0 unspecified atom stereocenters. The number of nitrogen functional groups attached to an aromatic ring is 1. The van der Waals surface area contributed by atoms with Gasteiger partial charge in [0.1, 0.15) is 4.90 Å². The molecule has 0 fully saturated rings. The van der Waals surface area contributed by atoms with Gasteiger partial charge in [0.05, 0.1) is 5.69 Å². The Hall–Kier alpha value is -0.780. The maximum absolute atomic E-state index is 12.4. The van der Waals surface area contributed by atoms with Crippen LogP contribution >= 0.6 is 11.6 Å². The van der Waals surface area contributed by atoms with E-state index in [-0.39, 0.29) is 16.6 Å². The van der Waals surface area contributed by atoms with Crippen molar-refractivity contribution >= 4 is 27.3 Å². The van der Waals surface area contributed by atoms with Crippen molar-refractivity contribution in [3.05, 3.63) is 23.2 Å². The lowest BCUT2D eigenvalue weighted by Crippen LogP contribution is -2.36. The van der Waals surface area contributed by atoms with Crippen molar-refractivity contribution in [3.8, 4) is 0 Å². The Morgan fingerprint density at radius 1 is 1.33 bits per heavy atom. The number of benzene rings is 1. The third kappa shape index (κ3) is 2.96. The van der Waals surface area contributed by atoms with Gasteiger partial charge in [-0.1, -0.05) is 25.4 Å². The average molecular weight is 291 g/mol. The molecular formula is C12H19ClN2O2S. The molecule has 0 aliphatic carbocycles. The van der Waals surface area contributed by atoms with Crippen molar-refractivity contribution in [2.24, 2.45) is 0 Å². The van der Waals surface area contributed by atoms with Gasteiger partial charge < -0.3 is 5.73 Å². The quantitative estimate of drug-likeness (QED) is 0.848. The summed E-state index contributed by atoms with van der Waals surface area (Å²) in [6.45, 7) is 3.93. The lowest BCUT2D eigenvalue weighted by atomic mass is 10.2. The Bertz CT molecular complexity index is 513. The standard InChI is InChI=1S/C12H19ClN2O2S/c1-4-10(5-2)15(3)18(16,17)12-7-6-9(13)8-11(12)14/h6-8,10H,4-5,14H2,1-3H3. The molecular weight excluding hydrogens is 272 g/mol. The van der Waals surface area contributed by atoms with Crippen LogP contribution in [0.2, 0.25) is 5.02 Å². The van der Waals surface area contributed by atoms with Crippen LogP contribution in [0, 0.1) is 0 Å². The highest BCUT2D eigenvalue weighted by Gasteiger charge is 2.27. The Labute approximate surface area is 114 Å². The minimum absolute atomic E-state index is 0.0231. The molecule has 0 saturated heterocycles. The topological polar surface area (TPSA) is 63.4 Å². The zero-order valence-electron chi connectivity index (χ0n) is 10.9. The lowest BCUT2D eigenvalue weighted by Gasteiger charge is -2.26. The maximum Gasteiger partial charge on any atom is 0.245 e. The SMILES string of the molecule is CCC(CC)N(C)S(=O)(=O)c1ccc(Cl)cc1N. The Morgan fingerprint density at radius 2 is 1.89 bits per heavy atom. The summed E-state index contributed by atoms with van der Waals surface area (Å²) in [4.78, 5) is 0.112. The number of nitrogens with two attached hydrogens (primary N) is 1. The highest BCUT2D eigenvalue weighted by Crippen LogP contribution is 2.26. The van der Waals surface area contributed by atoms with E-state index in [9.17, 15) is 8.42 Å². The first-order valence-corrected chi connectivity index (χ1v) is 7.69. The zero-order chi connectivity index (χ0) is 13.9. The van der Waals surface area contributed by atoms with Gasteiger partial charge in [0, 0.05) is 18.1 Å². The predicted octanol–water partition coefficient (Wildman–Crippen LogP) is 2.73. The van der Waals surface area contributed by atoms with Crippen LogP contribution < -0.4 is 5.73 Å². The minimum atomic E-state index is -3.56. The second-order valence-corrected chi connectivity index (χ2v) is 6.58. The number of hydrogen-bond acceptors (Lipinski definition) is 3. The van der Waals surface area contributed by atoms with Gasteiger partial charge in [0.25, 0.3) is 0 Å². The van der Waals surface area contributed by atoms with Gasteiger partial charge in [0.15, 0.2) is 0 Å². The monoisotopic (exact) mass is 290 g/mol. The smallest absolute Gasteiger partial charge is 0.245 e. The Balaban J connectivity index is 3.21. The summed E-state index contributed by atoms with van der Waals surface area (Å²) >= 11 is 5.78. The lowest BCUT2D eigenvalue weighted by molar-refractivity contribution is 0.350. The molecule has 1 aromatic rings. The average Bonchev–Trinajstić information content (AvgIpc) is 2.29. The summed E-state index contributed by atoms with van der Waals surface area (Å²) in [7, 11) is -1.98. The molecule has 6 heteroatoms. The maximum atomic E-state index is 12.4. The molecule has 18 heavy (non-hydrogen) atoms. The van der Waals surface area contributed by atoms with E-state index in [0.717, 1.165) is 12.8 Å². The molecule has 0 heterocycles. The summed E-state index contributed by atoms with van der Waals surface area (Å²) < 4.78 is 26.2. The fourth-order valence-corrected chi connectivity index (χ4v) is 3.69. The van der Waals surface area contributed by atoms with Gasteiger partial charge in [-0.3, -0.25) is 0 Å². The van der Waals surface area contributed by atoms with Crippen molar-refractivity contribution in [1.29, 1.82) is 0 Å².